The zero-order valence-corrected chi connectivity index (χ0v) is 17.8. The summed E-state index contributed by atoms with van der Waals surface area (Å²) >= 11 is 0. The van der Waals surface area contributed by atoms with Crippen LogP contribution in [0.4, 0.5) is 10.5 Å². The van der Waals surface area contributed by atoms with Gasteiger partial charge < -0.3 is 15.0 Å². The summed E-state index contributed by atoms with van der Waals surface area (Å²) in [5, 5.41) is 2.99. The van der Waals surface area contributed by atoms with Crippen LogP contribution in [0.2, 0.25) is 0 Å². The number of rotatable bonds is 4. The first kappa shape index (κ1) is 20.2. The van der Waals surface area contributed by atoms with Gasteiger partial charge in [-0.15, -0.1) is 0 Å². The SMILES string of the molecule is COc1ccc2c(c1)CN(C(=O)Nc1ccc(S(C)=O)cc1)C(c1ccccc1)C2. The number of anilines is 1. The summed E-state index contributed by atoms with van der Waals surface area (Å²) in [6, 6.07) is 23.0. The van der Waals surface area contributed by atoms with E-state index in [2.05, 4.69) is 23.5 Å². The lowest BCUT2D eigenvalue weighted by Gasteiger charge is -2.37. The number of hydrogen-bond donors (Lipinski definition) is 1. The van der Waals surface area contributed by atoms with Crippen molar-refractivity contribution < 1.29 is 13.7 Å². The van der Waals surface area contributed by atoms with Crippen LogP contribution >= 0.6 is 0 Å². The molecular weight excluding hydrogens is 396 g/mol. The Morgan fingerprint density at radius 1 is 1.03 bits per heavy atom. The van der Waals surface area contributed by atoms with Crippen LogP contribution in [-0.4, -0.2) is 28.5 Å². The van der Waals surface area contributed by atoms with E-state index >= 15 is 0 Å². The fourth-order valence-electron chi connectivity index (χ4n) is 3.80. The number of nitrogens with zero attached hydrogens (tertiary/aromatic N) is 1. The van der Waals surface area contributed by atoms with Crippen LogP contribution in [0.15, 0.2) is 77.7 Å². The van der Waals surface area contributed by atoms with Crippen molar-refractivity contribution in [3.63, 3.8) is 0 Å². The number of hydrogen-bond acceptors (Lipinski definition) is 3. The van der Waals surface area contributed by atoms with Crippen LogP contribution < -0.4 is 10.1 Å². The lowest BCUT2D eigenvalue weighted by Crippen LogP contribution is -2.41. The molecule has 3 aromatic carbocycles. The molecule has 0 radical (unpaired) electrons. The maximum absolute atomic E-state index is 13.3. The van der Waals surface area contributed by atoms with Crippen LogP contribution in [0, 0.1) is 0 Å². The van der Waals surface area contributed by atoms with Crippen LogP contribution in [0.25, 0.3) is 0 Å². The zero-order valence-electron chi connectivity index (χ0n) is 17.0. The highest BCUT2D eigenvalue weighted by Gasteiger charge is 2.31. The van der Waals surface area contributed by atoms with E-state index < -0.39 is 10.8 Å². The van der Waals surface area contributed by atoms with Gasteiger partial charge in [0.1, 0.15) is 5.75 Å². The van der Waals surface area contributed by atoms with Crippen LogP contribution in [-0.2, 0) is 23.8 Å². The second kappa shape index (κ2) is 8.71. The smallest absolute Gasteiger partial charge is 0.322 e. The fourth-order valence-corrected chi connectivity index (χ4v) is 4.32. The second-order valence-electron chi connectivity index (χ2n) is 7.30. The van der Waals surface area contributed by atoms with Crippen LogP contribution in [0.1, 0.15) is 22.7 Å². The molecule has 1 aliphatic heterocycles. The molecule has 2 atom stereocenters. The van der Waals surface area contributed by atoms with E-state index in [1.165, 1.54) is 5.56 Å². The maximum atomic E-state index is 13.3. The van der Waals surface area contributed by atoms with Gasteiger partial charge in [0.25, 0.3) is 0 Å². The summed E-state index contributed by atoms with van der Waals surface area (Å²) in [6.07, 6.45) is 2.38. The molecule has 1 heterocycles. The number of ether oxygens (including phenoxy) is 1. The number of fused-ring (bicyclic) bond motifs is 1. The van der Waals surface area contributed by atoms with Gasteiger partial charge in [-0.25, -0.2) is 4.79 Å². The van der Waals surface area contributed by atoms with E-state index in [0.717, 1.165) is 28.2 Å². The summed E-state index contributed by atoms with van der Waals surface area (Å²) in [5.74, 6) is 0.787. The van der Waals surface area contributed by atoms with Crippen molar-refractivity contribution >= 4 is 22.5 Å². The average molecular weight is 421 g/mol. The Morgan fingerprint density at radius 2 is 1.77 bits per heavy atom. The molecule has 0 saturated heterocycles. The Bertz CT molecular complexity index is 1070. The van der Waals surface area contributed by atoms with Crippen LogP contribution in [0.5, 0.6) is 5.75 Å². The Kier molecular flexibility index (Phi) is 5.86. The predicted octanol–water partition coefficient (Wildman–Crippen LogP) is 4.76. The molecule has 0 bridgehead atoms. The Morgan fingerprint density at radius 3 is 2.43 bits per heavy atom. The van der Waals surface area contributed by atoms with E-state index in [4.69, 9.17) is 4.74 Å². The topological polar surface area (TPSA) is 58.6 Å². The first-order chi connectivity index (χ1) is 14.5. The molecule has 2 amide bonds. The molecule has 0 saturated carbocycles. The molecule has 3 aromatic rings. The highest BCUT2D eigenvalue weighted by Crippen LogP contribution is 2.35. The number of urea groups is 1. The molecule has 0 fully saturated rings. The number of carbonyl (C=O) groups excluding carboxylic acids is 1. The molecule has 1 aliphatic rings. The van der Waals surface area contributed by atoms with Crippen molar-refractivity contribution in [2.24, 2.45) is 0 Å². The third kappa shape index (κ3) is 4.24. The summed E-state index contributed by atoms with van der Waals surface area (Å²) in [6.45, 7) is 0.495. The van der Waals surface area contributed by atoms with Gasteiger partial charge in [0.15, 0.2) is 0 Å². The largest absolute Gasteiger partial charge is 0.497 e. The number of nitrogens with one attached hydrogen (secondary N) is 1. The minimum absolute atomic E-state index is 0.0606. The molecule has 5 nitrogen and oxygen atoms in total. The van der Waals surface area contributed by atoms with E-state index in [9.17, 15) is 9.00 Å². The molecule has 1 N–H and O–H groups in total. The van der Waals surface area contributed by atoms with Crippen molar-refractivity contribution in [3.8, 4) is 5.75 Å². The average Bonchev–Trinajstić information content (AvgIpc) is 2.78. The Hall–Kier alpha value is -3.12. The Labute approximate surface area is 179 Å². The van der Waals surface area contributed by atoms with Crippen molar-refractivity contribution in [3.05, 3.63) is 89.5 Å². The number of amides is 2. The molecular formula is C24H24N2O3S. The number of benzene rings is 3. The summed E-state index contributed by atoms with van der Waals surface area (Å²) in [7, 11) is 0.600. The van der Waals surface area contributed by atoms with Gasteiger partial charge >= 0.3 is 6.03 Å². The van der Waals surface area contributed by atoms with Crippen LogP contribution in [0.3, 0.4) is 0 Å². The fraction of sp³-hybridized carbons (Fsp3) is 0.208. The lowest BCUT2D eigenvalue weighted by molar-refractivity contribution is 0.176. The molecule has 4 rings (SSSR count). The molecule has 2 unspecified atom stereocenters. The first-order valence-corrected chi connectivity index (χ1v) is 11.3. The summed E-state index contributed by atoms with van der Waals surface area (Å²) < 4.78 is 17.0. The third-order valence-corrected chi connectivity index (χ3v) is 6.36. The van der Waals surface area contributed by atoms with Gasteiger partial charge in [0, 0.05) is 34.2 Å². The van der Waals surface area contributed by atoms with Crippen molar-refractivity contribution in [2.75, 3.05) is 18.7 Å². The van der Waals surface area contributed by atoms with E-state index in [0.29, 0.717) is 12.2 Å². The second-order valence-corrected chi connectivity index (χ2v) is 8.68. The summed E-state index contributed by atoms with van der Waals surface area (Å²) in [5.41, 5.74) is 4.10. The van der Waals surface area contributed by atoms with Gasteiger partial charge in [-0.05, 0) is 59.5 Å². The normalized spacial score (nSPS) is 16.5. The van der Waals surface area contributed by atoms with Crippen molar-refractivity contribution in [1.29, 1.82) is 0 Å². The van der Waals surface area contributed by atoms with Crippen molar-refractivity contribution in [2.45, 2.75) is 23.9 Å². The standard InChI is InChI=1S/C24H24N2O3S/c1-29-21-11-8-18-15-23(17-6-4-3-5-7-17)26(16-19(18)14-21)24(27)25-20-9-12-22(13-10-20)30(2)28/h3-14,23H,15-16H2,1-2H3,(H,25,27). The quantitative estimate of drug-likeness (QED) is 0.662. The first-order valence-electron chi connectivity index (χ1n) is 9.77. The van der Waals surface area contributed by atoms with Gasteiger partial charge in [0.2, 0.25) is 0 Å². The molecule has 154 valence electrons. The lowest BCUT2D eigenvalue weighted by atomic mass is 9.90. The van der Waals surface area contributed by atoms with Gasteiger partial charge in [0.05, 0.1) is 13.2 Å². The minimum Gasteiger partial charge on any atom is -0.497 e. The minimum atomic E-state index is -1.05. The van der Waals surface area contributed by atoms with E-state index in [1.807, 2.05) is 35.2 Å². The predicted molar refractivity (Wildman–Crippen MR) is 119 cm³/mol. The maximum Gasteiger partial charge on any atom is 0.322 e. The monoisotopic (exact) mass is 420 g/mol. The van der Waals surface area contributed by atoms with Crippen molar-refractivity contribution in [1.82, 2.24) is 4.90 Å². The molecule has 30 heavy (non-hydrogen) atoms. The van der Waals surface area contributed by atoms with E-state index in [-0.39, 0.29) is 12.1 Å². The Balaban J connectivity index is 1.63. The summed E-state index contributed by atoms with van der Waals surface area (Å²) in [4.78, 5) is 15.9. The number of methoxy groups -OCH3 is 1. The van der Waals surface area contributed by atoms with Gasteiger partial charge in [-0.2, -0.15) is 0 Å². The molecule has 0 aromatic heterocycles. The van der Waals surface area contributed by atoms with Gasteiger partial charge in [-0.3, -0.25) is 4.21 Å². The molecule has 0 aliphatic carbocycles. The molecule has 6 heteroatoms. The highest BCUT2D eigenvalue weighted by atomic mass is 32.2. The van der Waals surface area contributed by atoms with Gasteiger partial charge in [-0.1, -0.05) is 36.4 Å². The highest BCUT2D eigenvalue weighted by molar-refractivity contribution is 7.84. The third-order valence-electron chi connectivity index (χ3n) is 5.43. The number of carbonyl (C=O) groups is 1. The van der Waals surface area contributed by atoms with E-state index in [1.54, 1.807) is 37.6 Å². The zero-order chi connectivity index (χ0) is 21.1. The molecule has 0 spiro atoms.